The maximum Gasteiger partial charge on any atom is 0.255 e. The van der Waals surface area contributed by atoms with Crippen molar-refractivity contribution in [1.82, 2.24) is 4.98 Å². The molecule has 0 saturated carbocycles. The fraction of sp³-hybridized carbons (Fsp3) is 0.250. The number of hydrogen-bond acceptors (Lipinski definition) is 3. The maximum atomic E-state index is 12.2. The van der Waals surface area contributed by atoms with Crippen LogP contribution in [0.2, 0.25) is 5.15 Å². The Bertz CT molecular complexity index is 627. The van der Waals surface area contributed by atoms with Gasteiger partial charge in [-0.1, -0.05) is 18.5 Å². The minimum atomic E-state index is -0.210. The molecule has 0 saturated heterocycles. The first-order chi connectivity index (χ1) is 10.1. The van der Waals surface area contributed by atoms with Crippen molar-refractivity contribution in [3.8, 4) is 5.75 Å². The summed E-state index contributed by atoms with van der Waals surface area (Å²) in [4.78, 5) is 16.4. The number of carbonyl (C=O) groups is 1. The Labute approximate surface area is 129 Å². The third-order valence-corrected chi connectivity index (χ3v) is 3.09. The molecule has 110 valence electrons. The second-order valence-corrected chi connectivity index (χ2v) is 4.82. The lowest BCUT2D eigenvalue weighted by Gasteiger charge is -2.08. The molecule has 1 aromatic heterocycles. The number of anilines is 1. The molecule has 0 atom stereocenters. The van der Waals surface area contributed by atoms with Crippen LogP contribution in [0.4, 0.5) is 5.69 Å². The van der Waals surface area contributed by atoms with E-state index in [9.17, 15) is 4.79 Å². The molecule has 2 aromatic rings. The van der Waals surface area contributed by atoms with Crippen molar-refractivity contribution < 1.29 is 9.53 Å². The first kappa shape index (κ1) is 15.3. The summed E-state index contributed by atoms with van der Waals surface area (Å²) in [7, 11) is 0. The number of nitrogens with zero attached hydrogens (tertiary/aromatic N) is 1. The summed E-state index contributed by atoms with van der Waals surface area (Å²) in [5.74, 6) is 0.564. The van der Waals surface area contributed by atoms with Crippen molar-refractivity contribution in [1.29, 1.82) is 0 Å². The Balaban J connectivity index is 2.12. The van der Waals surface area contributed by atoms with E-state index in [4.69, 9.17) is 16.3 Å². The first-order valence-corrected chi connectivity index (χ1v) is 7.20. The largest absolute Gasteiger partial charge is 0.494 e. The quantitative estimate of drug-likeness (QED) is 0.851. The normalized spacial score (nSPS) is 10.2. The summed E-state index contributed by atoms with van der Waals surface area (Å²) in [6.07, 6.45) is 0.726. The van der Waals surface area contributed by atoms with Gasteiger partial charge in [0.25, 0.3) is 5.91 Å². The van der Waals surface area contributed by atoms with Crippen LogP contribution in [-0.4, -0.2) is 17.5 Å². The van der Waals surface area contributed by atoms with Crippen LogP contribution in [0.5, 0.6) is 5.75 Å². The molecule has 1 N–H and O–H groups in total. The molecular formula is C16H17ClN2O2. The molecule has 2 rings (SSSR count). The predicted octanol–water partition coefficient (Wildman–Crippen LogP) is 3.95. The van der Waals surface area contributed by atoms with E-state index in [0.29, 0.717) is 23.0 Å². The molecule has 0 aliphatic rings. The van der Waals surface area contributed by atoms with Gasteiger partial charge in [0.15, 0.2) is 0 Å². The number of ether oxygens (including phenoxy) is 1. The fourth-order valence-electron chi connectivity index (χ4n) is 1.87. The van der Waals surface area contributed by atoms with Crippen LogP contribution >= 0.6 is 11.6 Å². The van der Waals surface area contributed by atoms with E-state index in [1.54, 1.807) is 24.3 Å². The van der Waals surface area contributed by atoms with Crippen molar-refractivity contribution in [2.24, 2.45) is 0 Å². The molecule has 0 spiro atoms. The third-order valence-electron chi connectivity index (χ3n) is 2.89. The molecule has 0 aliphatic carbocycles. The van der Waals surface area contributed by atoms with Gasteiger partial charge in [0.05, 0.1) is 6.61 Å². The number of hydrogen-bond donors (Lipinski definition) is 1. The first-order valence-electron chi connectivity index (χ1n) is 6.83. The van der Waals surface area contributed by atoms with Gasteiger partial charge in [-0.25, -0.2) is 4.98 Å². The lowest BCUT2D eigenvalue weighted by molar-refractivity contribution is 0.102. The Morgan fingerprint density at radius 1 is 1.24 bits per heavy atom. The van der Waals surface area contributed by atoms with E-state index in [2.05, 4.69) is 10.3 Å². The topological polar surface area (TPSA) is 51.2 Å². The molecule has 1 aromatic carbocycles. The van der Waals surface area contributed by atoms with Crippen LogP contribution in [0.15, 0.2) is 36.4 Å². The van der Waals surface area contributed by atoms with Gasteiger partial charge in [-0.2, -0.15) is 0 Å². The van der Waals surface area contributed by atoms with Crippen LogP contribution in [0, 0.1) is 0 Å². The highest BCUT2D eigenvalue weighted by Crippen LogP contribution is 2.17. The van der Waals surface area contributed by atoms with Gasteiger partial charge < -0.3 is 10.1 Å². The van der Waals surface area contributed by atoms with Gasteiger partial charge in [0.1, 0.15) is 10.9 Å². The molecule has 0 bridgehead atoms. The minimum absolute atomic E-state index is 0.210. The van der Waals surface area contributed by atoms with E-state index in [1.807, 2.05) is 26.0 Å². The van der Waals surface area contributed by atoms with Crippen molar-refractivity contribution in [2.45, 2.75) is 20.3 Å². The summed E-state index contributed by atoms with van der Waals surface area (Å²) in [5.41, 5.74) is 1.99. The predicted molar refractivity (Wildman–Crippen MR) is 84.2 cm³/mol. The number of benzene rings is 1. The monoisotopic (exact) mass is 304 g/mol. The minimum Gasteiger partial charge on any atom is -0.494 e. The molecule has 5 heteroatoms. The van der Waals surface area contributed by atoms with Gasteiger partial charge in [-0.05, 0) is 49.7 Å². The number of aryl methyl sites for hydroxylation is 1. The molecule has 0 aliphatic heterocycles. The SMILES string of the molecule is CCOc1ccc(NC(=O)c2cc(Cl)nc(CC)c2)cc1. The molecule has 0 unspecified atom stereocenters. The Kier molecular flexibility index (Phi) is 5.17. The van der Waals surface area contributed by atoms with Gasteiger partial charge in [-0.15, -0.1) is 0 Å². The van der Waals surface area contributed by atoms with E-state index in [0.717, 1.165) is 17.9 Å². The average molecular weight is 305 g/mol. The lowest BCUT2D eigenvalue weighted by atomic mass is 10.2. The Hall–Kier alpha value is -2.07. The summed E-state index contributed by atoms with van der Waals surface area (Å²) in [5, 5.41) is 3.15. The summed E-state index contributed by atoms with van der Waals surface area (Å²) >= 11 is 5.92. The second kappa shape index (κ2) is 7.09. The Morgan fingerprint density at radius 2 is 1.95 bits per heavy atom. The molecule has 1 amide bonds. The lowest BCUT2D eigenvalue weighted by Crippen LogP contribution is -2.12. The van der Waals surface area contributed by atoms with E-state index in [-0.39, 0.29) is 5.91 Å². The maximum absolute atomic E-state index is 12.2. The molecular weight excluding hydrogens is 288 g/mol. The van der Waals surface area contributed by atoms with E-state index in [1.165, 1.54) is 0 Å². The number of amides is 1. The van der Waals surface area contributed by atoms with Gasteiger partial charge >= 0.3 is 0 Å². The highest BCUT2D eigenvalue weighted by atomic mass is 35.5. The number of pyridine rings is 1. The van der Waals surface area contributed by atoms with Crippen LogP contribution in [-0.2, 0) is 6.42 Å². The molecule has 21 heavy (non-hydrogen) atoms. The summed E-state index contributed by atoms with van der Waals surface area (Å²) in [6.45, 7) is 4.50. The smallest absolute Gasteiger partial charge is 0.255 e. The second-order valence-electron chi connectivity index (χ2n) is 4.43. The van der Waals surface area contributed by atoms with Crippen LogP contribution in [0.25, 0.3) is 0 Å². The zero-order valence-electron chi connectivity index (χ0n) is 12.0. The zero-order valence-corrected chi connectivity index (χ0v) is 12.8. The number of carbonyl (C=O) groups excluding carboxylic acids is 1. The number of rotatable bonds is 5. The Morgan fingerprint density at radius 3 is 2.57 bits per heavy atom. The number of halogens is 1. The molecule has 0 fully saturated rings. The van der Waals surface area contributed by atoms with Gasteiger partial charge in [0.2, 0.25) is 0 Å². The highest BCUT2D eigenvalue weighted by Gasteiger charge is 2.09. The molecule has 4 nitrogen and oxygen atoms in total. The molecule has 1 heterocycles. The van der Waals surface area contributed by atoms with Crippen LogP contribution < -0.4 is 10.1 Å². The van der Waals surface area contributed by atoms with E-state index < -0.39 is 0 Å². The van der Waals surface area contributed by atoms with Crippen molar-refractivity contribution in [3.63, 3.8) is 0 Å². The number of aromatic nitrogens is 1. The van der Waals surface area contributed by atoms with E-state index >= 15 is 0 Å². The standard InChI is InChI=1S/C16H17ClN2O2/c1-3-12-9-11(10-15(17)18-12)16(20)19-13-5-7-14(8-6-13)21-4-2/h5-10H,3-4H2,1-2H3,(H,19,20). The highest BCUT2D eigenvalue weighted by molar-refractivity contribution is 6.29. The van der Waals surface area contributed by atoms with Crippen molar-refractivity contribution >= 4 is 23.2 Å². The zero-order chi connectivity index (χ0) is 15.2. The third kappa shape index (κ3) is 4.20. The van der Waals surface area contributed by atoms with Crippen LogP contribution in [0.3, 0.4) is 0 Å². The van der Waals surface area contributed by atoms with Crippen LogP contribution in [0.1, 0.15) is 29.9 Å². The van der Waals surface area contributed by atoms with Crippen molar-refractivity contribution in [2.75, 3.05) is 11.9 Å². The van der Waals surface area contributed by atoms with Crippen molar-refractivity contribution in [3.05, 3.63) is 52.8 Å². The summed E-state index contributed by atoms with van der Waals surface area (Å²) in [6, 6.07) is 10.5. The van der Waals surface area contributed by atoms with Gasteiger partial charge in [-0.3, -0.25) is 4.79 Å². The fourth-order valence-corrected chi connectivity index (χ4v) is 2.09. The average Bonchev–Trinajstić information content (AvgIpc) is 2.48. The molecule has 0 radical (unpaired) electrons. The summed E-state index contributed by atoms with van der Waals surface area (Å²) < 4.78 is 5.36. The van der Waals surface area contributed by atoms with Gasteiger partial charge in [0, 0.05) is 16.9 Å². The number of nitrogens with one attached hydrogen (secondary N) is 1.